The number of nitrogens with one attached hydrogen (secondary N) is 1. The Morgan fingerprint density at radius 2 is 1.87 bits per heavy atom. The van der Waals surface area contributed by atoms with Crippen LogP contribution in [0.5, 0.6) is 5.75 Å². The van der Waals surface area contributed by atoms with Gasteiger partial charge >= 0.3 is 0 Å². The molecule has 8 heteroatoms. The van der Waals surface area contributed by atoms with Crippen LogP contribution >= 0.6 is 0 Å². The van der Waals surface area contributed by atoms with Crippen molar-refractivity contribution in [3.8, 4) is 5.75 Å². The Morgan fingerprint density at radius 3 is 2.53 bits per heavy atom. The molecular formula is C22H27N5O3. The summed E-state index contributed by atoms with van der Waals surface area (Å²) >= 11 is 0. The molecule has 0 aliphatic heterocycles. The lowest BCUT2D eigenvalue weighted by Crippen LogP contribution is -2.35. The van der Waals surface area contributed by atoms with Gasteiger partial charge in [-0.1, -0.05) is 0 Å². The van der Waals surface area contributed by atoms with Crippen molar-refractivity contribution in [2.24, 2.45) is 0 Å². The van der Waals surface area contributed by atoms with E-state index in [1.165, 1.54) is 4.90 Å². The molecule has 2 amide bonds. The molecule has 30 heavy (non-hydrogen) atoms. The molecule has 2 heterocycles. The largest absolute Gasteiger partial charge is 0.497 e. The molecule has 3 rings (SSSR count). The number of hydrogen-bond donors (Lipinski definition) is 1. The van der Waals surface area contributed by atoms with Crippen LogP contribution in [0.4, 0.5) is 5.69 Å². The van der Waals surface area contributed by atoms with Crippen LogP contribution in [0.1, 0.15) is 29.1 Å². The number of benzene rings is 1. The molecule has 0 spiro atoms. The van der Waals surface area contributed by atoms with E-state index < -0.39 is 0 Å². The minimum Gasteiger partial charge on any atom is -0.497 e. The first-order valence-corrected chi connectivity index (χ1v) is 9.79. The lowest BCUT2D eigenvalue weighted by Gasteiger charge is -2.18. The highest BCUT2D eigenvalue weighted by Crippen LogP contribution is 2.18. The van der Waals surface area contributed by atoms with Gasteiger partial charge in [0.2, 0.25) is 11.8 Å². The second-order valence-electron chi connectivity index (χ2n) is 7.34. The predicted octanol–water partition coefficient (Wildman–Crippen LogP) is 2.69. The molecule has 3 aromatic rings. The van der Waals surface area contributed by atoms with Crippen molar-refractivity contribution in [2.75, 3.05) is 26.0 Å². The van der Waals surface area contributed by atoms with Gasteiger partial charge in [0.05, 0.1) is 19.3 Å². The second kappa shape index (κ2) is 8.94. The molecule has 0 bridgehead atoms. The van der Waals surface area contributed by atoms with E-state index in [4.69, 9.17) is 4.74 Å². The average Bonchev–Trinajstić information content (AvgIpc) is 3.08. The number of anilines is 1. The van der Waals surface area contributed by atoms with Gasteiger partial charge in [0, 0.05) is 36.6 Å². The maximum absolute atomic E-state index is 12.6. The molecule has 158 valence electrons. The summed E-state index contributed by atoms with van der Waals surface area (Å²) < 4.78 is 6.91. The highest BCUT2D eigenvalue weighted by molar-refractivity contribution is 5.94. The average molecular weight is 409 g/mol. The molecule has 2 aromatic heterocycles. The van der Waals surface area contributed by atoms with Gasteiger partial charge < -0.3 is 15.0 Å². The van der Waals surface area contributed by atoms with Crippen molar-refractivity contribution in [2.45, 2.75) is 33.6 Å². The minimum absolute atomic E-state index is 0.0154. The summed E-state index contributed by atoms with van der Waals surface area (Å²) in [5, 5.41) is 7.25. The van der Waals surface area contributed by atoms with Crippen molar-refractivity contribution in [1.29, 1.82) is 0 Å². The molecule has 0 atom stereocenters. The van der Waals surface area contributed by atoms with Crippen LogP contribution in [0.3, 0.4) is 0 Å². The number of carbonyl (C=O) groups is 2. The smallest absolute Gasteiger partial charge is 0.243 e. The molecule has 8 nitrogen and oxygen atoms in total. The molecule has 1 N–H and O–H groups in total. The standard InChI is InChI=1S/C22H27N5O3/c1-14-12-20-23-15(2)19(16(3)27(20)25-14)10-11-22(29)26(4)13-21(28)24-17-6-8-18(30-5)9-7-17/h6-9,12H,10-11,13H2,1-5H3,(H,24,28). The van der Waals surface area contributed by atoms with Crippen molar-refractivity contribution < 1.29 is 14.3 Å². The highest BCUT2D eigenvalue weighted by atomic mass is 16.5. The third kappa shape index (κ3) is 4.76. The molecule has 0 unspecified atom stereocenters. The van der Waals surface area contributed by atoms with Crippen molar-refractivity contribution in [1.82, 2.24) is 19.5 Å². The number of rotatable bonds is 7. The molecule has 0 aliphatic carbocycles. The van der Waals surface area contributed by atoms with Crippen LogP contribution in [0, 0.1) is 20.8 Å². The Hall–Kier alpha value is -3.42. The molecule has 0 fully saturated rings. The Balaban J connectivity index is 1.57. The number of likely N-dealkylation sites (N-methyl/N-ethyl adjacent to an activating group) is 1. The van der Waals surface area contributed by atoms with Gasteiger partial charge in [-0.25, -0.2) is 9.50 Å². The fourth-order valence-electron chi connectivity index (χ4n) is 3.40. The summed E-state index contributed by atoms with van der Waals surface area (Å²) in [6.07, 6.45) is 0.838. The third-order valence-corrected chi connectivity index (χ3v) is 5.06. The number of aromatic nitrogens is 3. The minimum atomic E-state index is -0.251. The Kier molecular flexibility index (Phi) is 6.34. The van der Waals surface area contributed by atoms with E-state index in [2.05, 4.69) is 15.4 Å². The van der Waals surface area contributed by atoms with Gasteiger partial charge in [0.25, 0.3) is 0 Å². The Bertz CT molecular complexity index is 1070. The van der Waals surface area contributed by atoms with Crippen molar-refractivity contribution in [3.63, 3.8) is 0 Å². The van der Waals surface area contributed by atoms with E-state index in [9.17, 15) is 9.59 Å². The summed E-state index contributed by atoms with van der Waals surface area (Å²) in [6, 6.07) is 8.97. The highest BCUT2D eigenvalue weighted by Gasteiger charge is 2.16. The fraction of sp³-hybridized carbons (Fsp3) is 0.364. The van der Waals surface area contributed by atoms with Crippen LogP contribution in [0.25, 0.3) is 5.65 Å². The van der Waals surface area contributed by atoms with E-state index >= 15 is 0 Å². The molecule has 1 aromatic carbocycles. The molecule has 0 aliphatic rings. The summed E-state index contributed by atoms with van der Waals surface area (Å²) in [5.74, 6) is 0.359. The summed E-state index contributed by atoms with van der Waals surface area (Å²) in [5.41, 5.74) is 5.26. The van der Waals surface area contributed by atoms with Gasteiger partial charge in [0.15, 0.2) is 5.65 Å². The lowest BCUT2D eigenvalue weighted by molar-refractivity contribution is -0.133. The van der Waals surface area contributed by atoms with Gasteiger partial charge in [-0.3, -0.25) is 9.59 Å². The van der Waals surface area contributed by atoms with Gasteiger partial charge in [0.1, 0.15) is 5.75 Å². The molecular weight excluding hydrogens is 382 g/mol. The van der Waals surface area contributed by atoms with Crippen molar-refractivity contribution in [3.05, 3.63) is 53.0 Å². The number of methoxy groups -OCH3 is 1. The fourth-order valence-corrected chi connectivity index (χ4v) is 3.40. The predicted molar refractivity (Wildman–Crippen MR) is 115 cm³/mol. The van der Waals surface area contributed by atoms with E-state index in [-0.39, 0.29) is 18.4 Å². The normalized spacial score (nSPS) is 10.8. The zero-order chi connectivity index (χ0) is 21.8. The lowest BCUT2D eigenvalue weighted by atomic mass is 10.1. The molecule has 0 saturated carbocycles. The molecule has 0 saturated heterocycles. The summed E-state index contributed by atoms with van der Waals surface area (Å²) in [4.78, 5) is 30.8. The first kappa shape index (κ1) is 21.3. The summed E-state index contributed by atoms with van der Waals surface area (Å²) in [7, 11) is 3.22. The second-order valence-corrected chi connectivity index (χ2v) is 7.34. The van der Waals surface area contributed by atoms with Crippen LogP contribution in [-0.2, 0) is 16.0 Å². The first-order valence-electron chi connectivity index (χ1n) is 9.79. The zero-order valence-electron chi connectivity index (χ0n) is 18.0. The number of ether oxygens (including phenoxy) is 1. The van der Waals surface area contributed by atoms with Gasteiger partial charge in [-0.15, -0.1) is 0 Å². The number of fused-ring (bicyclic) bond motifs is 1. The van der Waals surface area contributed by atoms with E-state index in [1.807, 2.05) is 31.4 Å². The van der Waals surface area contributed by atoms with Crippen LogP contribution in [0.15, 0.2) is 30.3 Å². The third-order valence-electron chi connectivity index (χ3n) is 5.06. The number of amides is 2. The number of nitrogens with zero attached hydrogens (tertiary/aromatic N) is 4. The maximum atomic E-state index is 12.6. The van der Waals surface area contributed by atoms with E-state index in [0.29, 0.717) is 24.3 Å². The van der Waals surface area contributed by atoms with Crippen LogP contribution < -0.4 is 10.1 Å². The Labute approximate surface area is 175 Å². The van der Waals surface area contributed by atoms with Crippen LogP contribution in [-0.4, -0.2) is 52.0 Å². The van der Waals surface area contributed by atoms with Gasteiger partial charge in [-0.05, 0) is 57.0 Å². The SMILES string of the molecule is COc1ccc(NC(=O)CN(C)C(=O)CCc2c(C)nc3cc(C)nn3c2C)cc1. The molecule has 0 radical (unpaired) electrons. The first-order chi connectivity index (χ1) is 14.3. The van der Waals surface area contributed by atoms with Crippen molar-refractivity contribution >= 4 is 23.1 Å². The summed E-state index contributed by atoms with van der Waals surface area (Å²) in [6.45, 7) is 5.85. The van der Waals surface area contributed by atoms with Gasteiger partial charge in [-0.2, -0.15) is 5.10 Å². The maximum Gasteiger partial charge on any atom is 0.243 e. The number of hydrogen-bond acceptors (Lipinski definition) is 5. The topological polar surface area (TPSA) is 88.8 Å². The van der Waals surface area contributed by atoms with E-state index in [1.54, 1.807) is 38.4 Å². The quantitative estimate of drug-likeness (QED) is 0.648. The van der Waals surface area contributed by atoms with E-state index in [0.717, 1.165) is 28.3 Å². The Morgan fingerprint density at radius 1 is 1.17 bits per heavy atom. The van der Waals surface area contributed by atoms with Crippen LogP contribution in [0.2, 0.25) is 0 Å². The number of aryl methyl sites for hydroxylation is 3. The monoisotopic (exact) mass is 409 g/mol. The number of carbonyl (C=O) groups excluding carboxylic acids is 2. The zero-order valence-corrected chi connectivity index (χ0v) is 18.0.